The molecule has 1 nitrogen and oxygen atoms in total. The van der Waals surface area contributed by atoms with Crippen LogP contribution in [0.15, 0.2) is 12.2 Å². The highest BCUT2D eigenvalue weighted by Crippen LogP contribution is 2.89. The van der Waals surface area contributed by atoms with E-state index < -0.39 is 0 Å². The third-order valence-electron chi connectivity index (χ3n) is 12.9. The predicted molar refractivity (Wildman–Crippen MR) is 131 cm³/mol. The number of allylic oxidation sites excluding steroid dienone is 2. The Kier molecular flexibility index (Phi) is 4.98. The lowest BCUT2D eigenvalue weighted by atomic mass is 9.42. The molecule has 0 saturated heterocycles. The van der Waals surface area contributed by atoms with Crippen LogP contribution < -0.4 is 0 Å². The lowest BCUT2D eigenvalue weighted by Crippen LogP contribution is -2.57. The Balaban J connectivity index is 1.41. The fourth-order valence-electron chi connectivity index (χ4n) is 11.0. The van der Waals surface area contributed by atoms with E-state index in [1.165, 1.54) is 57.8 Å². The van der Waals surface area contributed by atoms with Crippen molar-refractivity contribution in [2.75, 3.05) is 0 Å². The zero-order valence-electron chi connectivity index (χ0n) is 21.6. The topological polar surface area (TPSA) is 20.2 Å². The summed E-state index contributed by atoms with van der Waals surface area (Å²) in [5.74, 6) is 4.06. The molecule has 5 saturated carbocycles. The summed E-state index contributed by atoms with van der Waals surface area (Å²) in [6, 6.07) is 0. The second-order valence-electron chi connectivity index (χ2n) is 14.4. The van der Waals surface area contributed by atoms with Gasteiger partial charge in [0.25, 0.3) is 0 Å². The summed E-state index contributed by atoms with van der Waals surface area (Å²) < 4.78 is 0. The molecule has 9 atom stereocenters. The van der Waals surface area contributed by atoms with Gasteiger partial charge in [-0.3, -0.25) is 0 Å². The van der Waals surface area contributed by atoms with Crippen LogP contribution in [-0.4, -0.2) is 11.2 Å². The number of aliphatic hydroxyl groups excluding tert-OH is 1. The van der Waals surface area contributed by atoms with Crippen LogP contribution in [0.3, 0.4) is 0 Å². The summed E-state index contributed by atoms with van der Waals surface area (Å²) in [4.78, 5) is 0. The summed E-state index contributed by atoms with van der Waals surface area (Å²) in [5.41, 5.74) is 2.36. The Morgan fingerprint density at radius 2 is 1.48 bits per heavy atom. The molecule has 0 radical (unpaired) electrons. The van der Waals surface area contributed by atoms with Gasteiger partial charge in [0.15, 0.2) is 0 Å². The summed E-state index contributed by atoms with van der Waals surface area (Å²) in [6.45, 7) is 17.4. The van der Waals surface area contributed by atoms with E-state index in [-0.39, 0.29) is 11.5 Å². The molecule has 0 aliphatic heterocycles. The maximum atomic E-state index is 10.8. The van der Waals surface area contributed by atoms with E-state index in [4.69, 9.17) is 0 Å². The molecule has 0 aromatic rings. The molecular weight excluding hydrogens is 376 g/mol. The lowest BCUT2D eigenvalue weighted by molar-refractivity contribution is -0.161. The first-order chi connectivity index (χ1) is 14.4. The van der Waals surface area contributed by atoms with Crippen molar-refractivity contribution in [2.24, 2.45) is 56.7 Å². The van der Waals surface area contributed by atoms with E-state index in [0.717, 1.165) is 30.1 Å². The molecule has 5 aliphatic rings. The first-order valence-electron chi connectivity index (χ1n) is 13.8. The van der Waals surface area contributed by atoms with Crippen LogP contribution in [0.5, 0.6) is 0 Å². The second kappa shape index (κ2) is 6.86. The molecule has 1 heteroatoms. The van der Waals surface area contributed by atoms with Crippen LogP contribution in [-0.2, 0) is 0 Å². The first-order valence-corrected chi connectivity index (χ1v) is 13.8. The van der Waals surface area contributed by atoms with Crippen LogP contribution in [0, 0.1) is 56.7 Å². The summed E-state index contributed by atoms with van der Waals surface area (Å²) in [5, 5.41) is 10.8. The molecule has 5 rings (SSSR count). The Hall–Kier alpha value is -0.300. The van der Waals surface area contributed by atoms with E-state index in [1.807, 2.05) is 0 Å². The van der Waals surface area contributed by atoms with Crippen LogP contribution in [0.25, 0.3) is 0 Å². The second-order valence-corrected chi connectivity index (χ2v) is 14.4. The minimum atomic E-state index is -0.0858. The number of rotatable bonds is 4. The van der Waals surface area contributed by atoms with E-state index in [2.05, 4.69) is 60.6 Å². The van der Waals surface area contributed by atoms with Gasteiger partial charge in [-0.2, -0.15) is 0 Å². The molecule has 2 spiro atoms. The van der Waals surface area contributed by atoms with Gasteiger partial charge in [-0.25, -0.2) is 0 Å². The first kappa shape index (κ1) is 22.5. The number of fused-ring (bicyclic) bond motifs is 2. The fraction of sp³-hybridized carbons (Fsp3) is 0.933. The third-order valence-corrected chi connectivity index (χ3v) is 12.9. The van der Waals surface area contributed by atoms with Crippen LogP contribution in [0.1, 0.15) is 113 Å². The Morgan fingerprint density at radius 1 is 0.806 bits per heavy atom. The molecule has 1 N–H and O–H groups in total. The molecule has 176 valence electrons. The smallest absolute Gasteiger partial charge is 0.0594 e. The van der Waals surface area contributed by atoms with Gasteiger partial charge in [0.05, 0.1) is 6.10 Å². The van der Waals surface area contributed by atoms with E-state index in [0.29, 0.717) is 27.6 Å². The van der Waals surface area contributed by atoms with Crippen molar-refractivity contribution in [2.45, 2.75) is 119 Å². The quantitative estimate of drug-likeness (QED) is 0.451. The van der Waals surface area contributed by atoms with Crippen molar-refractivity contribution >= 4 is 0 Å². The van der Waals surface area contributed by atoms with Crippen molar-refractivity contribution in [1.82, 2.24) is 0 Å². The van der Waals surface area contributed by atoms with Crippen molar-refractivity contribution in [3.63, 3.8) is 0 Å². The summed E-state index contributed by atoms with van der Waals surface area (Å²) in [7, 11) is 0. The highest BCUT2D eigenvalue weighted by atomic mass is 16.3. The van der Waals surface area contributed by atoms with Crippen molar-refractivity contribution in [3.05, 3.63) is 12.2 Å². The van der Waals surface area contributed by atoms with Gasteiger partial charge in [-0.05, 0) is 121 Å². The third kappa shape index (κ3) is 2.71. The minimum absolute atomic E-state index is 0.0858. The van der Waals surface area contributed by atoms with Gasteiger partial charge in [-0.1, -0.05) is 60.6 Å². The van der Waals surface area contributed by atoms with Crippen LogP contribution >= 0.6 is 0 Å². The number of hydrogen-bond donors (Lipinski definition) is 1. The summed E-state index contributed by atoms with van der Waals surface area (Å²) >= 11 is 0. The minimum Gasteiger partial charge on any atom is -0.393 e. The molecule has 5 aliphatic carbocycles. The van der Waals surface area contributed by atoms with E-state index in [1.54, 1.807) is 0 Å². The Morgan fingerprint density at radius 3 is 2.19 bits per heavy atom. The molecule has 0 bridgehead atoms. The zero-order chi connectivity index (χ0) is 22.4. The average molecular weight is 427 g/mol. The van der Waals surface area contributed by atoms with Crippen molar-refractivity contribution < 1.29 is 5.11 Å². The zero-order valence-corrected chi connectivity index (χ0v) is 21.6. The molecule has 0 aromatic carbocycles. The highest BCUT2D eigenvalue weighted by Gasteiger charge is 2.82. The SMILES string of the molecule is CC(C)/C=C/C[C@@H](C)[C@H]1CC[C@@]2(C)[C@@H]3CC[C@@H]4C(C)(C)C(O)CC[C@@]45C[C@@]35CC[C@]12C. The molecule has 31 heavy (non-hydrogen) atoms. The van der Waals surface area contributed by atoms with Gasteiger partial charge in [0.1, 0.15) is 0 Å². The number of hydrogen-bond acceptors (Lipinski definition) is 1. The average Bonchev–Trinajstić information content (AvgIpc) is 3.27. The van der Waals surface area contributed by atoms with Crippen molar-refractivity contribution in [3.8, 4) is 0 Å². The Bertz CT molecular complexity index is 750. The predicted octanol–water partition coefficient (Wildman–Crippen LogP) is 8.02. The maximum Gasteiger partial charge on any atom is 0.0594 e. The van der Waals surface area contributed by atoms with E-state index >= 15 is 0 Å². The lowest BCUT2D eigenvalue weighted by Gasteiger charge is -2.63. The van der Waals surface area contributed by atoms with Gasteiger partial charge in [0.2, 0.25) is 0 Å². The molecule has 0 heterocycles. The molecule has 5 fully saturated rings. The van der Waals surface area contributed by atoms with Gasteiger partial charge < -0.3 is 5.11 Å². The molecule has 0 amide bonds. The fourth-order valence-corrected chi connectivity index (χ4v) is 11.0. The molecule has 0 aromatic heterocycles. The monoisotopic (exact) mass is 426 g/mol. The highest BCUT2D eigenvalue weighted by molar-refractivity contribution is 5.30. The maximum absolute atomic E-state index is 10.8. The molecular formula is C30H50O. The normalized spacial score (nSPS) is 53.6. The standard InChI is InChI=1S/C30H50O/c1-20(2)9-8-10-21(3)22-13-15-28(7)24-12-11-23-26(4,5)25(31)14-16-29(23)19-30(24,29)18-17-27(22,28)6/h8-9,20-25,31H,10-19H2,1-7H3/b9-8+/t21-,22-,23-,24+,25?,27-,28+,29-,30+/m1/s1. The van der Waals surface area contributed by atoms with E-state index in [9.17, 15) is 5.11 Å². The number of aliphatic hydroxyl groups is 1. The van der Waals surface area contributed by atoms with Gasteiger partial charge in [0, 0.05) is 0 Å². The van der Waals surface area contributed by atoms with Gasteiger partial charge >= 0.3 is 0 Å². The van der Waals surface area contributed by atoms with Crippen LogP contribution in [0.2, 0.25) is 0 Å². The largest absolute Gasteiger partial charge is 0.393 e. The van der Waals surface area contributed by atoms with Gasteiger partial charge in [-0.15, -0.1) is 0 Å². The van der Waals surface area contributed by atoms with Crippen molar-refractivity contribution in [1.29, 1.82) is 0 Å². The summed E-state index contributed by atoms with van der Waals surface area (Å²) in [6.07, 6.45) is 18.6. The molecule has 1 unspecified atom stereocenters. The Labute approximate surface area is 192 Å². The van der Waals surface area contributed by atoms with Crippen LogP contribution in [0.4, 0.5) is 0 Å².